The summed E-state index contributed by atoms with van der Waals surface area (Å²) in [4.78, 5) is 19.5. The molecule has 0 aliphatic heterocycles. The topological polar surface area (TPSA) is 59.8 Å². The van der Waals surface area contributed by atoms with Gasteiger partial charge in [0.05, 0.1) is 18.2 Å². The van der Waals surface area contributed by atoms with E-state index in [2.05, 4.69) is 15.3 Å². The van der Waals surface area contributed by atoms with Crippen LogP contribution in [0.2, 0.25) is 5.15 Å². The van der Waals surface area contributed by atoms with Crippen molar-refractivity contribution in [1.82, 2.24) is 14.5 Å². The van der Waals surface area contributed by atoms with Gasteiger partial charge in [0.1, 0.15) is 5.69 Å². The molecule has 1 amide bonds. The van der Waals surface area contributed by atoms with Gasteiger partial charge in [0.2, 0.25) is 0 Å². The van der Waals surface area contributed by atoms with Gasteiger partial charge < -0.3 is 9.88 Å². The van der Waals surface area contributed by atoms with Crippen LogP contribution in [0.25, 0.3) is 0 Å². The second-order valence-corrected chi connectivity index (χ2v) is 3.54. The number of hydrogen-bond donors (Lipinski definition) is 1. The Labute approximate surface area is 97.1 Å². The van der Waals surface area contributed by atoms with E-state index in [9.17, 15) is 4.79 Å². The number of aromatic nitrogens is 3. The third-order valence-corrected chi connectivity index (χ3v) is 2.36. The molecule has 0 saturated heterocycles. The van der Waals surface area contributed by atoms with Crippen molar-refractivity contribution in [2.24, 2.45) is 7.05 Å². The van der Waals surface area contributed by atoms with Gasteiger partial charge in [-0.15, -0.1) is 0 Å². The van der Waals surface area contributed by atoms with Gasteiger partial charge in [-0.2, -0.15) is 0 Å². The molecule has 0 radical (unpaired) electrons. The van der Waals surface area contributed by atoms with Crippen LogP contribution in [0.3, 0.4) is 0 Å². The Balaban J connectivity index is 2.21. The van der Waals surface area contributed by atoms with E-state index in [0.29, 0.717) is 11.4 Å². The summed E-state index contributed by atoms with van der Waals surface area (Å²) >= 11 is 5.82. The largest absolute Gasteiger partial charge is 0.330 e. The zero-order valence-electron chi connectivity index (χ0n) is 8.51. The van der Waals surface area contributed by atoms with Crippen LogP contribution in [0, 0.1) is 0 Å². The molecular weight excluding hydrogens is 228 g/mol. The summed E-state index contributed by atoms with van der Waals surface area (Å²) < 4.78 is 1.62. The first-order valence-corrected chi connectivity index (χ1v) is 4.94. The van der Waals surface area contributed by atoms with Crippen LogP contribution in [-0.2, 0) is 7.05 Å². The Morgan fingerprint density at radius 3 is 3.00 bits per heavy atom. The minimum atomic E-state index is -0.269. The lowest BCUT2D eigenvalue weighted by atomic mass is 10.3. The molecule has 6 heteroatoms. The molecule has 2 rings (SSSR count). The monoisotopic (exact) mass is 236 g/mol. The molecule has 0 unspecified atom stereocenters. The van der Waals surface area contributed by atoms with E-state index in [1.807, 2.05) is 0 Å². The van der Waals surface area contributed by atoms with Crippen molar-refractivity contribution in [3.8, 4) is 0 Å². The van der Waals surface area contributed by atoms with Crippen molar-refractivity contribution >= 4 is 23.2 Å². The van der Waals surface area contributed by atoms with Gasteiger partial charge in [0.15, 0.2) is 5.15 Å². The maximum atomic E-state index is 11.8. The standard InChI is InChI=1S/C10H9ClN4O/c1-15-6-12-5-8(15)10(16)14-7-3-2-4-13-9(7)11/h2-6H,1H3,(H,14,16). The molecule has 0 aliphatic rings. The van der Waals surface area contributed by atoms with Gasteiger partial charge in [-0.3, -0.25) is 4.79 Å². The molecule has 82 valence electrons. The summed E-state index contributed by atoms with van der Waals surface area (Å²) in [5.74, 6) is -0.269. The Hall–Kier alpha value is -1.88. The summed E-state index contributed by atoms with van der Waals surface area (Å²) in [5, 5.41) is 2.92. The highest BCUT2D eigenvalue weighted by atomic mass is 35.5. The van der Waals surface area contributed by atoms with Crippen LogP contribution < -0.4 is 5.32 Å². The minimum absolute atomic E-state index is 0.262. The number of hydrogen-bond acceptors (Lipinski definition) is 3. The third kappa shape index (κ3) is 2.04. The summed E-state index contributed by atoms with van der Waals surface area (Å²) in [5.41, 5.74) is 0.940. The minimum Gasteiger partial charge on any atom is -0.330 e. The van der Waals surface area contributed by atoms with Crippen LogP contribution in [0.5, 0.6) is 0 Å². The number of halogens is 1. The highest BCUT2D eigenvalue weighted by molar-refractivity contribution is 6.32. The number of carbonyl (C=O) groups is 1. The van der Waals surface area contributed by atoms with Gasteiger partial charge in [0.25, 0.3) is 5.91 Å². The lowest BCUT2D eigenvalue weighted by molar-refractivity contribution is 0.101. The number of aryl methyl sites for hydroxylation is 1. The fourth-order valence-corrected chi connectivity index (χ4v) is 1.41. The smallest absolute Gasteiger partial charge is 0.274 e. The fraction of sp³-hybridized carbons (Fsp3) is 0.100. The fourth-order valence-electron chi connectivity index (χ4n) is 1.24. The zero-order valence-corrected chi connectivity index (χ0v) is 9.27. The van der Waals surface area contributed by atoms with Gasteiger partial charge in [-0.1, -0.05) is 11.6 Å². The Bertz CT molecular complexity index is 523. The second-order valence-electron chi connectivity index (χ2n) is 3.19. The normalized spacial score (nSPS) is 10.1. The first kappa shape index (κ1) is 10.6. The van der Waals surface area contributed by atoms with Crippen molar-refractivity contribution in [2.45, 2.75) is 0 Å². The van der Waals surface area contributed by atoms with Crippen molar-refractivity contribution in [3.05, 3.63) is 41.7 Å². The number of amides is 1. The van der Waals surface area contributed by atoms with Crippen LogP contribution in [0.1, 0.15) is 10.5 Å². The second kappa shape index (κ2) is 4.32. The molecule has 0 fully saturated rings. The van der Waals surface area contributed by atoms with Crippen LogP contribution in [-0.4, -0.2) is 20.4 Å². The molecule has 0 bridgehead atoms. The predicted octanol–water partition coefficient (Wildman–Crippen LogP) is 1.72. The average molecular weight is 237 g/mol. The number of nitrogens with one attached hydrogen (secondary N) is 1. The molecule has 0 aliphatic carbocycles. The van der Waals surface area contributed by atoms with E-state index >= 15 is 0 Å². The van der Waals surface area contributed by atoms with Crippen molar-refractivity contribution in [1.29, 1.82) is 0 Å². The quantitative estimate of drug-likeness (QED) is 0.808. The van der Waals surface area contributed by atoms with E-state index in [4.69, 9.17) is 11.6 Å². The highest BCUT2D eigenvalue weighted by Gasteiger charge is 2.11. The molecule has 2 aromatic heterocycles. The van der Waals surface area contributed by atoms with Crippen LogP contribution in [0.4, 0.5) is 5.69 Å². The summed E-state index contributed by atoms with van der Waals surface area (Å²) in [6.45, 7) is 0. The van der Waals surface area contributed by atoms with E-state index in [1.165, 1.54) is 6.20 Å². The summed E-state index contributed by atoms with van der Waals surface area (Å²) in [7, 11) is 1.74. The number of rotatable bonds is 2. The predicted molar refractivity (Wildman–Crippen MR) is 60.4 cm³/mol. The van der Waals surface area contributed by atoms with Gasteiger partial charge in [0, 0.05) is 13.2 Å². The molecule has 0 aromatic carbocycles. The molecule has 2 heterocycles. The van der Waals surface area contributed by atoms with Gasteiger partial charge >= 0.3 is 0 Å². The van der Waals surface area contributed by atoms with Crippen LogP contribution in [0.15, 0.2) is 30.9 Å². The number of nitrogens with zero attached hydrogens (tertiary/aromatic N) is 3. The lowest BCUT2D eigenvalue weighted by Crippen LogP contribution is -2.15. The zero-order chi connectivity index (χ0) is 11.5. The van der Waals surface area contributed by atoms with Gasteiger partial charge in [-0.05, 0) is 12.1 Å². The number of anilines is 1. The first-order valence-electron chi connectivity index (χ1n) is 4.56. The molecule has 0 saturated carbocycles. The Morgan fingerprint density at radius 2 is 2.38 bits per heavy atom. The lowest BCUT2D eigenvalue weighted by Gasteiger charge is -2.05. The molecule has 5 nitrogen and oxygen atoms in total. The average Bonchev–Trinajstić information content (AvgIpc) is 2.68. The van der Waals surface area contributed by atoms with E-state index in [1.54, 1.807) is 36.3 Å². The molecule has 16 heavy (non-hydrogen) atoms. The molecule has 0 atom stereocenters. The van der Waals surface area contributed by atoms with E-state index < -0.39 is 0 Å². The molecular formula is C10H9ClN4O. The molecule has 1 N–H and O–H groups in total. The first-order chi connectivity index (χ1) is 7.68. The van der Waals surface area contributed by atoms with Crippen molar-refractivity contribution in [3.63, 3.8) is 0 Å². The molecule has 0 spiro atoms. The maximum absolute atomic E-state index is 11.8. The van der Waals surface area contributed by atoms with Gasteiger partial charge in [-0.25, -0.2) is 9.97 Å². The summed E-state index contributed by atoms with van der Waals surface area (Å²) in [6, 6.07) is 3.38. The van der Waals surface area contributed by atoms with Crippen molar-refractivity contribution in [2.75, 3.05) is 5.32 Å². The maximum Gasteiger partial charge on any atom is 0.274 e. The highest BCUT2D eigenvalue weighted by Crippen LogP contribution is 2.18. The van der Waals surface area contributed by atoms with Crippen molar-refractivity contribution < 1.29 is 4.79 Å². The summed E-state index contributed by atoms with van der Waals surface area (Å²) in [6.07, 6.45) is 4.60. The number of carbonyl (C=O) groups excluding carboxylic acids is 1. The number of pyridine rings is 1. The Morgan fingerprint density at radius 1 is 1.56 bits per heavy atom. The van der Waals surface area contributed by atoms with E-state index in [0.717, 1.165) is 0 Å². The SMILES string of the molecule is Cn1cncc1C(=O)Nc1cccnc1Cl. The molecule has 2 aromatic rings. The van der Waals surface area contributed by atoms with Crippen LogP contribution >= 0.6 is 11.6 Å². The third-order valence-electron chi connectivity index (χ3n) is 2.06. The number of imidazole rings is 1. The van der Waals surface area contributed by atoms with E-state index in [-0.39, 0.29) is 11.1 Å². The Kier molecular flexibility index (Phi) is 2.87.